The van der Waals surface area contributed by atoms with E-state index in [-0.39, 0.29) is 17.9 Å². The molecular weight excluding hydrogens is 362 g/mol. The Hall–Kier alpha value is -3.09. The molecule has 2 unspecified atom stereocenters. The fourth-order valence-electron chi connectivity index (χ4n) is 3.71. The fraction of sp³-hybridized carbons (Fsp3) is 0.261. The number of aromatic nitrogens is 1. The Bertz CT molecular complexity index is 1070. The first-order valence-electron chi connectivity index (χ1n) is 9.78. The standard InChI is InChI=1S/C23H25N5O/c1-14-7-9-17(10-8-14)22-18(12-24-27-22)13-25-28-23(29)20-11-16(3)26-21-15(2)5-4-6-19(20)21/h4-11,13,18,22,24,27H,12H2,1-3H3,(H,28,29)/b25-13+. The lowest BCUT2D eigenvalue weighted by Crippen LogP contribution is -2.25. The summed E-state index contributed by atoms with van der Waals surface area (Å²) in [5.74, 6) is -0.0932. The summed E-state index contributed by atoms with van der Waals surface area (Å²) in [4.78, 5) is 17.4. The van der Waals surface area contributed by atoms with Gasteiger partial charge in [0.1, 0.15) is 0 Å². The van der Waals surface area contributed by atoms with E-state index in [4.69, 9.17) is 0 Å². The second-order valence-electron chi connectivity index (χ2n) is 7.58. The zero-order chi connectivity index (χ0) is 20.4. The normalized spacial score (nSPS) is 19.1. The maximum Gasteiger partial charge on any atom is 0.272 e. The number of amides is 1. The minimum Gasteiger partial charge on any atom is -0.267 e. The molecule has 1 amide bonds. The Balaban J connectivity index is 1.51. The SMILES string of the molecule is Cc1ccc(C2NNCC2/C=N/NC(=O)c2cc(C)nc3c(C)cccc23)cc1. The third-order valence-electron chi connectivity index (χ3n) is 5.31. The number of hydrogen-bond acceptors (Lipinski definition) is 5. The predicted octanol–water partition coefficient (Wildman–Crippen LogP) is 3.34. The maximum atomic E-state index is 12.8. The third-order valence-corrected chi connectivity index (χ3v) is 5.31. The molecule has 3 aromatic rings. The fourth-order valence-corrected chi connectivity index (χ4v) is 3.71. The average Bonchev–Trinajstić information content (AvgIpc) is 3.17. The van der Waals surface area contributed by atoms with Crippen molar-refractivity contribution in [1.82, 2.24) is 21.3 Å². The molecule has 0 aliphatic carbocycles. The van der Waals surface area contributed by atoms with Crippen LogP contribution in [0.25, 0.3) is 10.9 Å². The van der Waals surface area contributed by atoms with Crippen LogP contribution in [0.4, 0.5) is 0 Å². The van der Waals surface area contributed by atoms with E-state index < -0.39 is 0 Å². The molecule has 6 heteroatoms. The molecule has 0 saturated carbocycles. The summed E-state index contributed by atoms with van der Waals surface area (Å²) < 4.78 is 0. The van der Waals surface area contributed by atoms with Gasteiger partial charge in [0, 0.05) is 29.8 Å². The van der Waals surface area contributed by atoms with Crippen LogP contribution in [0, 0.1) is 26.7 Å². The van der Waals surface area contributed by atoms with Gasteiger partial charge in [-0.2, -0.15) is 5.10 Å². The highest BCUT2D eigenvalue weighted by molar-refractivity contribution is 6.06. The number of nitrogens with one attached hydrogen (secondary N) is 3. The number of para-hydroxylation sites is 1. The molecule has 1 aromatic heterocycles. The monoisotopic (exact) mass is 387 g/mol. The van der Waals surface area contributed by atoms with Crippen molar-refractivity contribution in [3.63, 3.8) is 0 Å². The Labute approximate surface area is 170 Å². The highest BCUT2D eigenvalue weighted by Crippen LogP contribution is 2.24. The molecule has 1 aliphatic heterocycles. The number of pyridine rings is 1. The molecule has 1 saturated heterocycles. The number of fused-ring (bicyclic) bond motifs is 1. The summed E-state index contributed by atoms with van der Waals surface area (Å²) >= 11 is 0. The molecule has 1 fully saturated rings. The number of hydrogen-bond donors (Lipinski definition) is 3. The van der Waals surface area contributed by atoms with Crippen molar-refractivity contribution < 1.29 is 4.79 Å². The number of nitrogens with zero attached hydrogens (tertiary/aromatic N) is 2. The predicted molar refractivity (Wildman–Crippen MR) is 116 cm³/mol. The molecule has 3 N–H and O–H groups in total. The van der Waals surface area contributed by atoms with Crippen molar-refractivity contribution in [1.29, 1.82) is 0 Å². The van der Waals surface area contributed by atoms with Crippen LogP contribution in [-0.2, 0) is 0 Å². The van der Waals surface area contributed by atoms with E-state index in [2.05, 4.69) is 57.6 Å². The lowest BCUT2D eigenvalue weighted by Gasteiger charge is -2.15. The quantitative estimate of drug-likeness (QED) is 0.474. The number of benzene rings is 2. The minimum atomic E-state index is -0.229. The summed E-state index contributed by atoms with van der Waals surface area (Å²) in [6.45, 7) is 6.72. The lowest BCUT2D eigenvalue weighted by atomic mass is 9.95. The van der Waals surface area contributed by atoms with E-state index in [1.807, 2.05) is 32.0 Å². The Kier molecular flexibility index (Phi) is 5.38. The molecule has 4 rings (SSSR count). The van der Waals surface area contributed by atoms with E-state index in [1.165, 1.54) is 11.1 Å². The van der Waals surface area contributed by atoms with Crippen LogP contribution in [0.1, 0.15) is 38.8 Å². The van der Waals surface area contributed by atoms with Gasteiger partial charge in [-0.15, -0.1) is 0 Å². The van der Waals surface area contributed by atoms with Gasteiger partial charge in [-0.1, -0.05) is 48.0 Å². The summed E-state index contributed by atoms with van der Waals surface area (Å²) in [5.41, 5.74) is 14.9. The summed E-state index contributed by atoms with van der Waals surface area (Å²) in [7, 11) is 0. The molecule has 0 radical (unpaired) electrons. The van der Waals surface area contributed by atoms with E-state index >= 15 is 0 Å². The molecule has 1 aliphatic rings. The molecule has 6 nitrogen and oxygen atoms in total. The zero-order valence-corrected chi connectivity index (χ0v) is 16.9. The first kappa shape index (κ1) is 19.2. The van der Waals surface area contributed by atoms with Crippen LogP contribution in [-0.4, -0.2) is 23.7 Å². The number of hydrazine groups is 1. The number of hydrazone groups is 1. The van der Waals surface area contributed by atoms with Crippen LogP contribution in [0.3, 0.4) is 0 Å². The topological polar surface area (TPSA) is 78.4 Å². The minimum absolute atomic E-state index is 0.114. The van der Waals surface area contributed by atoms with Crippen molar-refractivity contribution in [2.45, 2.75) is 26.8 Å². The van der Waals surface area contributed by atoms with Gasteiger partial charge >= 0.3 is 0 Å². The summed E-state index contributed by atoms with van der Waals surface area (Å²) in [6, 6.07) is 16.2. The highest BCUT2D eigenvalue weighted by atomic mass is 16.2. The molecular formula is C23H25N5O. The van der Waals surface area contributed by atoms with Gasteiger partial charge in [0.05, 0.1) is 17.1 Å². The van der Waals surface area contributed by atoms with Crippen molar-refractivity contribution >= 4 is 23.0 Å². The number of carbonyl (C=O) groups is 1. The van der Waals surface area contributed by atoms with Gasteiger partial charge in [0.25, 0.3) is 5.91 Å². The molecule has 2 atom stereocenters. The highest BCUT2D eigenvalue weighted by Gasteiger charge is 2.26. The number of aryl methyl sites for hydroxylation is 3. The molecule has 29 heavy (non-hydrogen) atoms. The van der Waals surface area contributed by atoms with Gasteiger partial charge in [0.15, 0.2) is 0 Å². The van der Waals surface area contributed by atoms with E-state index in [9.17, 15) is 4.79 Å². The molecule has 2 heterocycles. The van der Waals surface area contributed by atoms with E-state index in [0.29, 0.717) is 5.56 Å². The Morgan fingerprint density at radius 3 is 2.76 bits per heavy atom. The van der Waals surface area contributed by atoms with Gasteiger partial charge < -0.3 is 0 Å². The van der Waals surface area contributed by atoms with Gasteiger partial charge in [-0.25, -0.2) is 10.9 Å². The third kappa shape index (κ3) is 4.04. The Morgan fingerprint density at radius 1 is 1.17 bits per heavy atom. The van der Waals surface area contributed by atoms with E-state index in [0.717, 1.165) is 28.7 Å². The average molecular weight is 387 g/mol. The first-order valence-corrected chi connectivity index (χ1v) is 9.78. The molecule has 0 spiro atoms. The van der Waals surface area contributed by atoms with Crippen LogP contribution in [0.2, 0.25) is 0 Å². The Morgan fingerprint density at radius 2 is 1.97 bits per heavy atom. The first-order chi connectivity index (χ1) is 14.0. The van der Waals surface area contributed by atoms with Crippen molar-refractivity contribution in [3.05, 3.63) is 76.5 Å². The molecule has 2 aromatic carbocycles. The number of rotatable bonds is 4. The second kappa shape index (κ2) is 8.11. The van der Waals surface area contributed by atoms with Crippen LogP contribution in [0.15, 0.2) is 53.6 Å². The van der Waals surface area contributed by atoms with E-state index in [1.54, 1.807) is 12.3 Å². The number of carbonyl (C=O) groups excluding carboxylic acids is 1. The second-order valence-corrected chi connectivity index (χ2v) is 7.58. The van der Waals surface area contributed by atoms with Crippen LogP contribution < -0.4 is 16.3 Å². The molecule has 148 valence electrons. The summed E-state index contributed by atoms with van der Waals surface area (Å²) in [5, 5.41) is 5.09. The van der Waals surface area contributed by atoms with Gasteiger partial charge in [-0.05, 0) is 38.0 Å². The van der Waals surface area contributed by atoms with Crippen LogP contribution >= 0.6 is 0 Å². The van der Waals surface area contributed by atoms with Crippen molar-refractivity contribution in [2.75, 3.05) is 6.54 Å². The lowest BCUT2D eigenvalue weighted by molar-refractivity contribution is 0.0956. The summed E-state index contributed by atoms with van der Waals surface area (Å²) in [6.07, 6.45) is 1.80. The van der Waals surface area contributed by atoms with Crippen LogP contribution in [0.5, 0.6) is 0 Å². The smallest absolute Gasteiger partial charge is 0.267 e. The van der Waals surface area contributed by atoms with Crippen molar-refractivity contribution in [3.8, 4) is 0 Å². The van der Waals surface area contributed by atoms with Gasteiger partial charge in [0.2, 0.25) is 0 Å². The van der Waals surface area contributed by atoms with Crippen molar-refractivity contribution in [2.24, 2.45) is 11.0 Å². The zero-order valence-electron chi connectivity index (χ0n) is 16.9. The molecule has 0 bridgehead atoms. The largest absolute Gasteiger partial charge is 0.272 e. The van der Waals surface area contributed by atoms with Gasteiger partial charge in [-0.3, -0.25) is 15.2 Å². The maximum absolute atomic E-state index is 12.8.